The first-order chi connectivity index (χ1) is 7.72. The van der Waals surface area contributed by atoms with Gasteiger partial charge in [-0.1, -0.05) is 0 Å². The number of hydrogen-bond acceptors (Lipinski definition) is 4. The number of nitrogens with zero attached hydrogens (tertiary/aromatic N) is 1. The normalized spacial score (nSPS) is 15.2. The molecule has 1 aliphatic heterocycles. The maximum Gasteiger partial charge on any atom is 0.337 e. The number of carboxylic acid groups (broad SMARTS) is 1. The molecule has 5 nitrogen and oxygen atoms in total. The van der Waals surface area contributed by atoms with Gasteiger partial charge in [0.15, 0.2) is 0 Å². The highest BCUT2D eigenvalue weighted by molar-refractivity contribution is 5.95. The third kappa shape index (κ3) is 1.94. The first kappa shape index (κ1) is 10.8. The van der Waals surface area contributed by atoms with Crippen LogP contribution in [0.5, 0.6) is 0 Å². The molecule has 0 saturated carbocycles. The summed E-state index contributed by atoms with van der Waals surface area (Å²) in [6.45, 7) is 1.79. The molecule has 16 heavy (non-hydrogen) atoms. The van der Waals surface area contributed by atoms with Crippen LogP contribution in [0, 0.1) is 0 Å². The topological polar surface area (TPSA) is 72.8 Å². The average molecular weight is 222 g/mol. The monoisotopic (exact) mass is 222 g/mol. The van der Waals surface area contributed by atoms with E-state index in [0.29, 0.717) is 5.69 Å². The first-order valence-electron chi connectivity index (χ1n) is 5.25. The van der Waals surface area contributed by atoms with Crippen LogP contribution < -0.4 is 10.4 Å². The molecule has 0 aromatic heterocycles. The number of rotatable bonds is 3. The minimum atomic E-state index is -0.973. The summed E-state index contributed by atoms with van der Waals surface area (Å²) in [4.78, 5) is 13.2. The predicted molar refractivity (Wildman–Crippen MR) is 60.3 cm³/mol. The van der Waals surface area contributed by atoms with Gasteiger partial charge in [-0.2, -0.15) is 0 Å². The van der Waals surface area contributed by atoms with Crippen molar-refractivity contribution in [3.8, 4) is 0 Å². The fraction of sp³-hybridized carbons (Fsp3) is 0.364. The van der Waals surface area contributed by atoms with E-state index >= 15 is 0 Å². The van der Waals surface area contributed by atoms with Crippen LogP contribution in [0.15, 0.2) is 18.2 Å². The highest BCUT2D eigenvalue weighted by Crippen LogP contribution is 2.27. The highest BCUT2D eigenvalue weighted by atomic mass is 16.5. The number of carboxylic acids is 1. The van der Waals surface area contributed by atoms with E-state index in [1.807, 2.05) is 5.48 Å². The predicted octanol–water partition coefficient (Wildman–Crippen LogP) is 1.79. The second kappa shape index (κ2) is 4.40. The summed E-state index contributed by atoms with van der Waals surface area (Å²) in [7, 11) is 0. The van der Waals surface area contributed by atoms with Crippen molar-refractivity contribution < 1.29 is 15.1 Å². The molecule has 1 aliphatic rings. The lowest BCUT2D eigenvalue weighted by molar-refractivity contribution is 0.0697. The molecule has 0 unspecified atom stereocenters. The van der Waals surface area contributed by atoms with Crippen molar-refractivity contribution in [1.29, 1.82) is 0 Å². The molecule has 2 rings (SSSR count). The van der Waals surface area contributed by atoms with E-state index in [4.69, 9.17) is 10.3 Å². The van der Waals surface area contributed by atoms with Crippen molar-refractivity contribution in [2.24, 2.45) is 0 Å². The van der Waals surface area contributed by atoms with Gasteiger partial charge < -0.3 is 10.0 Å². The molecule has 1 heterocycles. The van der Waals surface area contributed by atoms with E-state index in [1.165, 1.54) is 6.07 Å². The van der Waals surface area contributed by atoms with E-state index in [-0.39, 0.29) is 5.56 Å². The van der Waals surface area contributed by atoms with Crippen LogP contribution in [-0.4, -0.2) is 29.4 Å². The molecule has 1 saturated heterocycles. The summed E-state index contributed by atoms with van der Waals surface area (Å²) in [6, 6.07) is 4.84. The molecule has 3 N–H and O–H groups in total. The third-order valence-electron chi connectivity index (χ3n) is 2.80. The Morgan fingerprint density at radius 1 is 1.31 bits per heavy atom. The van der Waals surface area contributed by atoms with Crippen LogP contribution in [-0.2, 0) is 0 Å². The molecule has 0 spiro atoms. The summed E-state index contributed by atoms with van der Waals surface area (Å²) in [5.74, 6) is -0.973. The average Bonchev–Trinajstić information content (AvgIpc) is 2.81. The SMILES string of the molecule is O=C(O)c1cc(NO)ccc1N1CCCC1. The number of anilines is 2. The molecule has 1 aromatic carbocycles. The molecule has 86 valence electrons. The van der Waals surface area contributed by atoms with Crippen LogP contribution in [0.4, 0.5) is 11.4 Å². The number of benzene rings is 1. The van der Waals surface area contributed by atoms with E-state index < -0.39 is 5.97 Å². The summed E-state index contributed by atoms with van der Waals surface area (Å²) in [5.41, 5.74) is 3.30. The Hall–Kier alpha value is -1.75. The van der Waals surface area contributed by atoms with Gasteiger partial charge in [0.05, 0.1) is 16.9 Å². The Morgan fingerprint density at radius 3 is 2.56 bits per heavy atom. The molecule has 0 aliphatic carbocycles. The molecule has 1 aromatic rings. The van der Waals surface area contributed by atoms with Crippen molar-refractivity contribution in [1.82, 2.24) is 0 Å². The van der Waals surface area contributed by atoms with Gasteiger partial charge in [0.1, 0.15) is 0 Å². The van der Waals surface area contributed by atoms with Crippen LogP contribution in [0.3, 0.4) is 0 Å². The van der Waals surface area contributed by atoms with E-state index in [1.54, 1.807) is 12.1 Å². The summed E-state index contributed by atoms with van der Waals surface area (Å²) < 4.78 is 0. The Kier molecular flexibility index (Phi) is 2.96. The maximum atomic E-state index is 11.1. The van der Waals surface area contributed by atoms with E-state index in [0.717, 1.165) is 31.6 Å². The molecular formula is C11H14N2O3. The molecule has 0 bridgehead atoms. The smallest absolute Gasteiger partial charge is 0.337 e. The van der Waals surface area contributed by atoms with Gasteiger partial charge in [0.25, 0.3) is 0 Å². The Labute approximate surface area is 93.3 Å². The van der Waals surface area contributed by atoms with E-state index in [2.05, 4.69) is 4.90 Å². The van der Waals surface area contributed by atoms with Gasteiger partial charge in [-0.3, -0.25) is 10.7 Å². The van der Waals surface area contributed by atoms with Gasteiger partial charge in [0, 0.05) is 13.1 Å². The molecule has 0 radical (unpaired) electrons. The molecule has 0 atom stereocenters. The minimum absolute atomic E-state index is 0.223. The standard InChI is InChI=1S/C11H14N2O3/c14-11(15)9-7-8(12-16)3-4-10(9)13-5-1-2-6-13/h3-4,7,12,16H,1-2,5-6H2,(H,14,15). The highest BCUT2D eigenvalue weighted by Gasteiger charge is 2.19. The van der Waals surface area contributed by atoms with Crippen molar-refractivity contribution >= 4 is 17.3 Å². The van der Waals surface area contributed by atoms with Gasteiger partial charge >= 0.3 is 5.97 Å². The summed E-state index contributed by atoms with van der Waals surface area (Å²) in [5, 5.41) is 17.9. The van der Waals surface area contributed by atoms with Crippen molar-refractivity contribution in [2.45, 2.75) is 12.8 Å². The fourth-order valence-electron chi connectivity index (χ4n) is 2.01. The van der Waals surface area contributed by atoms with Crippen molar-refractivity contribution in [2.75, 3.05) is 23.5 Å². The van der Waals surface area contributed by atoms with E-state index in [9.17, 15) is 4.79 Å². The van der Waals surface area contributed by atoms with Crippen molar-refractivity contribution in [3.05, 3.63) is 23.8 Å². The van der Waals surface area contributed by atoms with Gasteiger partial charge in [-0.15, -0.1) is 0 Å². The maximum absolute atomic E-state index is 11.1. The number of nitrogens with one attached hydrogen (secondary N) is 1. The molecule has 1 fully saturated rings. The Bertz CT molecular complexity index is 400. The third-order valence-corrected chi connectivity index (χ3v) is 2.80. The lowest BCUT2D eigenvalue weighted by Gasteiger charge is -2.20. The van der Waals surface area contributed by atoms with Gasteiger partial charge in [0.2, 0.25) is 0 Å². The quantitative estimate of drug-likeness (QED) is 0.680. The zero-order valence-corrected chi connectivity index (χ0v) is 8.81. The Morgan fingerprint density at radius 2 is 2.00 bits per heavy atom. The molecule has 0 amide bonds. The zero-order valence-electron chi connectivity index (χ0n) is 8.81. The largest absolute Gasteiger partial charge is 0.478 e. The molecular weight excluding hydrogens is 208 g/mol. The summed E-state index contributed by atoms with van der Waals surface area (Å²) in [6.07, 6.45) is 2.19. The first-order valence-corrected chi connectivity index (χ1v) is 5.25. The molecule has 5 heteroatoms. The Balaban J connectivity index is 2.39. The van der Waals surface area contributed by atoms with Gasteiger partial charge in [-0.05, 0) is 31.0 Å². The lowest BCUT2D eigenvalue weighted by atomic mass is 10.1. The summed E-state index contributed by atoms with van der Waals surface area (Å²) >= 11 is 0. The second-order valence-corrected chi connectivity index (χ2v) is 3.84. The number of aromatic carboxylic acids is 1. The minimum Gasteiger partial charge on any atom is -0.478 e. The zero-order chi connectivity index (χ0) is 11.5. The van der Waals surface area contributed by atoms with Crippen molar-refractivity contribution in [3.63, 3.8) is 0 Å². The fourth-order valence-corrected chi connectivity index (χ4v) is 2.01. The van der Waals surface area contributed by atoms with Crippen LogP contribution in [0.2, 0.25) is 0 Å². The van der Waals surface area contributed by atoms with Crippen LogP contribution >= 0.6 is 0 Å². The van der Waals surface area contributed by atoms with Gasteiger partial charge in [-0.25, -0.2) is 4.79 Å². The van der Waals surface area contributed by atoms with Crippen LogP contribution in [0.1, 0.15) is 23.2 Å². The van der Waals surface area contributed by atoms with Crippen LogP contribution in [0.25, 0.3) is 0 Å². The second-order valence-electron chi connectivity index (χ2n) is 3.84. The lowest BCUT2D eigenvalue weighted by Crippen LogP contribution is -2.20. The number of hydrogen-bond donors (Lipinski definition) is 3. The number of carbonyl (C=O) groups is 1.